The highest BCUT2D eigenvalue weighted by Crippen LogP contribution is 2.26. The fourth-order valence-corrected chi connectivity index (χ4v) is 3.58. The number of rotatable bonds is 5. The molecule has 0 aromatic rings. The lowest BCUT2D eigenvalue weighted by Gasteiger charge is -2.46. The quantitative estimate of drug-likeness (QED) is 0.735. The Labute approximate surface area is 86.5 Å². The lowest BCUT2D eigenvalue weighted by atomic mass is 9.89. The third-order valence-corrected chi connectivity index (χ3v) is 4.55. The molecule has 1 aliphatic heterocycles. The number of hydrogen-bond acceptors (Lipinski definition) is 3. The molecule has 0 aliphatic carbocycles. The van der Waals surface area contributed by atoms with Gasteiger partial charge in [-0.05, 0) is 12.8 Å². The molecule has 1 rings (SSSR count). The monoisotopic (exact) mass is 220 g/mol. The third kappa shape index (κ3) is 2.46. The molecule has 0 spiro atoms. The zero-order valence-corrected chi connectivity index (χ0v) is 9.81. The van der Waals surface area contributed by atoms with Crippen molar-refractivity contribution >= 4 is 10.0 Å². The van der Waals surface area contributed by atoms with E-state index in [1.165, 1.54) is 4.31 Å². The van der Waals surface area contributed by atoms with Gasteiger partial charge in [0.2, 0.25) is 10.0 Å². The summed E-state index contributed by atoms with van der Waals surface area (Å²) in [6.45, 7) is 4.95. The summed E-state index contributed by atoms with van der Waals surface area (Å²) < 4.78 is 24.7. The molecule has 0 bridgehead atoms. The van der Waals surface area contributed by atoms with Gasteiger partial charge in [0.25, 0.3) is 0 Å². The van der Waals surface area contributed by atoms with Crippen LogP contribution in [0.3, 0.4) is 0 Å². The highest BCUT2D eigenvalue weighted by molar-refractivity contribution is 7.89. The summed E-state index contributed by atoms with van der Waals surface area (Å²) in [4.78, 5) is 0. The van der Waals surface area contributed by atoms with Gasteiger partial charge in [-0.3, -0.25) is 0 Å². The van der Waals surface area contributed by atoms with Crippen LogP contribution in [0.1, 0.15) is 33.1 Å². The van der Waals surface area contributed by atoms with E-state index in [0.29, 0.717) is 19.5 Å². The summed E-state index contributed by atoms with van der Waals surface area (Å²) in [5.74, 6) is 0.245. The van der Waals surface area contributed by atoms with Gasteiger partial charge < -0.3 is 5.73 Å². The number of nitrogens with zero attached hydrogens (tertiary/aromatic N) is 1. The Balaban J connectivity index is 2.48. The largest absolute Gasteiger partial charge is 0.323 e. The number of sulfonamides is 1. The highest BCUT2D eigenvalue weighted by Gasteiger charge is 2.43. The van der Waals surface area contributed by atoms with Crippen LogP contribution in [-0.4, -0.2) is 37.1 Å². The third-order valence-electron chi connectivity index (χ3n) is 2.59. The van der Waals surface area contributed by atoms with Gasteiger partial charge in [0.05, 0.1) is 5.75 Å². The molecule has 2 N–H and O–H groups in total. The van der Waals surface area contributed by atoms with Crippen molar-refractivity contribution in [1.82, 2.24) is 4.31 Å². The molecule has 0 atom stereocenters. The fourth-order valence-electron chi connectivity index (χ4n) is 1.90. The van der Waals surface area contributed by atoms with E-state index in [9.17, 15) is 8.42 Å². The Kier molecular flexibility index (Phi) is 3.55. The maximum Gasteiger partial charge on any atom is 0.214 e. The van der Waals surface area contributed by atoms with Crippen molar-refractivity contribution in [3.8, 4) is 0 Å². The predicted molar refractivity (Wildman–Crippen MR) is 57.5 cm³/mol. The average molecular weight is 220 g/mol. The van der Waals surface area contributed by atoms with Crippen LogP contribution in [-0.2, 0) is 10.0 Å². The molecular formula is C9H20N2O2S. The normalized spacial score (nSPS) is 21.9. The summed E-state index contributed by atoms with van der Waals surface area (Å²) in [6.07, 6.45) is 2.59. The highest BCUT2D eigenvalue weighted by atomic mass is 32.2. The van der Waals surface area contributed by atoms with Crippen molar-refractivity contribution in [2.45, 2.75) is 38.6 Å². The molecular weight excluding hydrogens is 200 g/mol. The van der Waals surface area contributed by atoms with Gasteiger partial charge in [-0.25, -0.2) is 8.42 Å². The minimum Gasteiger partial charge on any atom is -0.323 e. The van der Waals surface area contributed by atoms with E-state index in [2.05, 4.69) is 6.92 Å². The van der Waals surface area contributed by atoms with Gasteiger partial charge in [0.15, 0.2) is 0 Å². The number of nitrogens with two attached hydrogens (primary N) is 1. The summed E-state index contributed by atoms with van der Waals surface area (Å²) in [5, 5.41) is 0. The molecule has 0 radical (unpaired) electrons. The molecule has 0 amide bonds. The molecule has 14 heavy (non-hydrogen) atoms. The second-order valence-corrected chi connectivity index (χ2v) is 6.28. The molecule has 84 valence electrons. The molecule has 5 heteroatoms. The summed E-state index contributed by atoms with van der Waals surface area (Å²) in [6, 6.07) is 0. The van der Waals surface area contributed by atoms with Crippen molar-refractivity contribution in [2.24, 2.45) is 5.73 Å². The van der Waals surface area contributed by atoms with Crippen LogP contribution in [0.15, 0.2) is 0 Å². The first-order valence-electron chi connectivity index (χ1n) is 5.20. The molecule has 1 aliphatic rings. The van der Waals surface area contributed by atoms with Crippen molar-refractivity contribution in [3.05, 3.63) is 0 Å². The molecule has 0 saturated carbocycles. The molecule has 1 saturated heterocycles. The maximum absolute atomic E-state index is 11.6. The van der Waals surface area contributed by atoms with Crippen LogP contribution >= 0.6 is 0 Å². The Morgan fingerprint density at radius 2 is 1.86 bits per heavy atom. The molecule has 4 nitrogen and oxygen atoms in total. The first kappa shape index (κ1) is 11.9. The maximum atomic E-state index is 11.6. The van der Waals surface area contributed by atoms with Crippen LogP contribution in [0.5, 0.6) is 0 Å². The SMILES string of the molecule is CCCC1(N)CN(S(=O)(=O)CCC)C1. The first-order valence-corrected chi connectivity index (χ1v) is 6.81. The van der Waals surface area contributed by atoms with Gasteiger partial charge in [-0.1, -0.05) is 20.3 Å². The lowest BCUT2D eigenvalue weighted by molar-refractivity contribution is 0.147. The number of hydrogen-bond donors (Lipinski definition) is 1. The van der Waals surface area contributed by atoms with Gasteiger partial charge >= 0.3 is 0 Å². The smallest absolute Gasteiger partial charge is 0.214 e. The molecule has 0 unspecified atom stereocenters. The van der Waals surface area contributed by atoms with E-state index in [0.717, 1.165) is 12.8 Å². The Hall–Kier alpha value is -0.130. The Morgan fingerprint density at radius 3 is 2.29 bits per heavy atom. The zero-order chi connectivity index (χ0) is 10.8. The topological polar surface area (TPSA) is 63.4 Å². The summed E-state index contributed by atoms with van der Waals surface area (Å²) >= 11 is 0. The van der Waals surface area contributed by atoms with E-state index in [1.54, 1.807) is 0 Å². The minimum atomic E-state index is -3.01. The van der Waals surface area contributed by atoms with E-state index < -0.39 is 10.0 Å². The lowest BCUT2D eigenvalue weighted by Crippen LogP contribution is -2.68. The van der Waals surface area contributed by atoms with E-state index in [4.69, 9.17) is 5.73 Å². The van der Waals surface area contributed by atoms with Gasteiger partial charge in [0, 0.05) is 18.6 Å². The second kappa shape index (κ2) is 4.16. The standard InChI is InChI=1S/C9H20N2O2S/c1-3-5-9(10)7-11(8-9)14(12,13)6-4-2/h3-8,10H2,1-2H3. The molecule has 0 aromatic heterocycles. The summed E-state index contributed by atoms with van der Waals surface area (Å²) in [5.41, 5.74) is 5.74. The average Bonchev–Trinajstić information content (AvgIpc) is 2.00. The molecule has 1 fully saturated rings. The second-order valence-electron chi connectivity index (χ2n) is 4.20. The predicted octanol–water partition coefficient (Wildman–Crippen LogP) is 0.539. The van der Waals surface area contributed by atoms with Crippen LogP contribution in [0.2, 0.25) is 0 Å². The van der Waals surface area contributed by atoms with Crippen LogP contribution in [0.25, 0.3) is 0 Å². The van der Waals surface area contributed by atoms with E-state index >= 15 is 0 Å². The Bertz CT molecular complexity index is 281. The van der Waals surface area contributed by atoms with Crippen molar-refractivity contribution in [2.75, 3.05) is 18.8 Å². The Morgan fingerprint density at radius 1 is 1.29 bits per heavy atom. The van der Waals surface area contributed by atoms with Crippen molar-refractivity contribution in [3.63, 3.8) is 0 Å². The van der Waals surface area contributed by atoms with Crippen LogP contribution in [0.4, 0.5) is 0 Å². The minimum absolute atomic E-state index is 0.245. The fraction of sp³-hybridized carbons (Fsp3) is 1.00. The van der Waals surface area contributed by atoms with Crippen molar-refractivity contribution < 1.29 is 8.42 Å². The van der Waals surface area contributed by atoms with Crippen LogP contribution in [0, 0.1) is 0 Å². The zero-order valence-electron chi connectivity index (χ0n) is 8.99. The summed E-state index contributed by atoms with van der Waals surface area (Å²) in [7, 11) is -3.01. The van der Waals surface area contributed by atoms with Gasteiger partial charge in [-0.15, -0.1) is 0 Å². The first-order chi connectivity index (χ1) is 6.43. The van der Waals surface area contributed by atoms with E-state index in [-0.39, 0.29) is 11.3 Å². The van der Waals surface area contributed by atoms with Crippen molar-refractivity contribution in [1.29, 1.82) is 0 Å². The molecule has 0 aromatic carbocycles. The van der Waals surface area contributed by atoms with E-state index in [1.807, 2.05) is 6.92 Å². The molecule has 1 heterocycles. The van der Waals surface area contributed by atoms with Gasteiger partial charge in [-0.2, -0.15) is 4.31 Å². The van der Waals surface area contributed by atoms with Gasteiger partial charge in [0.1, 0.15) is 0 Å². The van der Waals surface area contributed by atoms with Crippen LogP contribution < -0.4 is 5.73 Å².